The van der Waals surface area contributed by atoms with Gasteiger partial charge in [-0.3, -0.25) is 14.4 Å². The molecule has 0 aromatic heterocycles. The fraction of sp³-hybridized carbons (Fsp3) is 0.500. The van der Waals surface area contributed by atoms with E-state index in [-0.39, 0.29) is 28.8 Å². The van der Waals surface area contributed by atoms with Crippen molar-refractivity contribution in [2.24, 2.45) is 5.41 Å². The highest BCUT2D eigenvalue weighted by Crippen LogP contribution is 2.32. The minimum Gasteiger partial charge on any atom is -0.398 e. The molecule has 5 N–H and O–H groups in total. The Morgan fingerprint density at radius 3 is 2.13 bits per heavy atom. The van der Waals surface area contributed by atoms with Crippen LogP contribution < -0.4 is 21.1 Å². The van der Waals surface area contributed by atoms with E-state index in [9.17, 15) is 22.8 Å². The molecular weight excluding hydrogens is 590 g/mol. The SMILES string of the molecule is CN[C@H](C(=O)NC(C(=O)N(C)C/C=C(\C)C(=O)NS(=O)(=O)c1ccc(N)c2c1CCCC2)C(C)(C)C)C(C)(C)c1ccccc1. The molecule has 246 valence electrons. The summed E-state index contributed by atoms with van der Waals surface area (Å²) in [6.45, 7) is 11.1. The Morgan fingerprint density at radius 2 is 1.56 bits per heavy atom. The molecule has 3 rings (SSSR count). The van der Waals surface area contributed by atoms with Crippen molar-refractivity contribution < 1.29 is 22.8 Å². The lowest BCUT2D eigenvalue weighted by Gasteiger charge is -2.38. The molecule has 1 unspecified atom stereocenters. The largest absolute Gasteiger partial charge is 0.398 e. The number of nitrogens with one attached hydrogen (secondary N) is 3. The second kappa shape index (κ2) is 14.2. The van der Waals surface area contributed by atoms with Crippen molar-refractivity contribution in [3.05, 3.63) is 70.8 Å². The molecule has 0 fully saturated rings. The maximum atomic E-state index is 13.7. The van der Waals surface area contributed by atoms with Gasteiger partial charge in [-0.2, -0.15) is 0 Å². The summed E-state index contributed by atoms with van der Waals surface area (Å²) < 4.78 is 28.6. The van der Waals surface area contributed by atoms with Crippen LogP contribution in [0.2, 0.25) is 0 Å². The van der Waals surface area contributed by atoms with Crippen LogP contribution in [0.1, 0.15) is 71.1 Å². The van der Waals surface area contributed by atoms with Crippen molar-refractivity contribution in [2.75, 3.05) is 26.4 Å². The lowest BCUT2D eigenvalue weighted by Crippen LogP contribution is -2.60. The maximum absolute atomic E-state index is 13.7. The third-order valence-electron chi connectivity index (χ3n) is 8.64. The molecule has 2 atom stereocenters. The van der Waals surface area contributed by atoms with Crippen LogP contribution >= 0.6 is 0 Å². The minimum absolute atomic E-state index is 0.0306. The third-order valence-corrected chi connectivity index (χ3v) is 10.1. The number of carbonyl (C=O) groups is 3. The van der Waals surface area contributed by atoms with E-state index in [1.54, 1.807) is 20.2 Å². The van der Waals surface area contributed by atoms with Crippen LogP contribution in [0, 0.1) is 5.41 Å². The zero-order valence-corrected chi connectivity index (χ0v) is 28.6. The summed E-state index contributed by atoms with van der Waals surface area (Å²) in [5.74, 6) is -1.43. The van der Waals surface area contributed by atoms with E-state index in [1.807, 2.05) is 65.0 Å². The molecule has 2 aromatic rings. The molecule has 0 spiro atoms. The molecule has 45 heavy (non-hydrogen) atoms. The van der Waals surface area contributed by atoms with Gasteiger partial charge in [0, 0.05) is 30.3 Å². The fourth-order valence-electron chi connectivity index (χ4n) is 5.78. The van der Waals surface area contributed by atoms with Crippen molar-refractivity contribution in [3.63, 3.8) is 0 Å². The Balaban J connectivity index is 1.72. The number of likely N-dealkylation sites (N-methyl/N-ethyl adjacent to an activating group) is 2. The topological polar surface area (TPSA) is 151 Å². The van der Waals surface area contributed by atoms with Gasteiger partial charge in [0.05, 0.1) is 10.9 Å². The van der Waals surface area contributed by atoms with E-state index in [4.69, 9.17) is 5.73 Å². The second-order valence-corrected chi connectivity index (χ2v) is 15.1. The van der Waals surface area contributed by atoms with Crippen LogP contribution in [0.5, 0.6) is 0 Å². The highest BCUT2D eigenvalue weighted by atomic mass is 32.2. The maximum Gasteiger partial charge on any atom is 0.264 e. The lowest BCUT2D eigenvalue weighted by atomic mass is 9.76. The Morgan fingerprint density at radius 1 is 0.956 bits per heavy atom. The Bertz CT molecular complexity index is 1540. The number of nitrogens with zero attached hydrogens (tertiary/aromatic N) is 1. The van der Waals surface area contributed by atoms with Gasteiger partial charge in [0.15, 0.2) is 0 Å². The predicted octanol–water partition coefficient (Wildman–Crippen LogP) is 3.45. The molecule has 1 aliphatic carbocycles. The highest BCUT2D eigenvalue weighted by Gasteiger charge is 2.40. The van der Waals surface area contributed by atoms with E-state index in [2.05, 4.69) is 15.4 Å². The molecule has 0 radical (unpaired) electrons. The number of sulfonamides is 1. The van der Waals surface area contributed by atoms with E-state index in [1.165, 1.54) is 24.0 Å². The molecule has 0 aliphatic heterocycles. The Labute approximate surface area is 268 Å². The van der Waals surface area contributed by atoms with Gasteiger partial charge in [-0.25, -0.2) is 13.1 Å². The van der Waals surface area contributed by atoms with Crippen LogP contribution in [-0.4, -0.2) is 63.8 Å². The van der Waals surface area contributed by atoms with Crippen molar-refractivity contribution >= 4 is 33.4 Å². The van der Waals surface area contributed by atoms with Crippen LogP contribution in [0.3, 0.4) is 0 Å². The van der Waals surface area contributed by atoms with Gasteiger partial charge in [0.2, 0.25) is 11.8 Å². The first-order chi connectivity index (χ1) is 20.9. The van der Waals surface area contributed by atoms with Crippen molar-refractivity contribution in [1.29, 1.82) is 0 Å². The van der Waals surface area contributed by atoms with Gasteiger partial charge >= 0.3 is 0 Å². The normalized spacial score (nSPS) is 15.4. The molecule has 10 nitrogen and oxygen atoms in total. The number of carbonyl (C=O) groups excluding carboxylic acids is 3. The average molecular weight is 640 g/mol. The van der Waals surface area contributed by atoms with Gasteiger partial charge in [-0.15, -0.1) is 0 Å². The number of nitrogens with two attached hydrogens (primary N) is 1. The number of nitrogen functional groups attached to an aromatic ring is 1. The molecule has 0 saturated heterocycles. The monoisotopic (exact) mass is 639 g/mol. The summed E-state index contributed by atoms with van der Waals surface area (Å²) in [6, 6.07) is 11.2. The Hall–Kier alpha value is -3.70. The van der Waals surface area contributed by atoms with Gasteiger partial charge in [-0.05, 0) is 73.9 Å². The minimum atomic E-state index is -4.14. The predicted molar refractivity (Wildman–Crippen MR) is 178 cm³/mol. The first-order valence-corrected chi connectivity index (χ1v) is 16.8. The smallest absolute Gasteiger partial charge is 0.264 e. The number of fused-ring (bicyclic) bond motifs is 1. The molecule has 11 heteroatoms. The molecule has 0 heterocycles. The zero-order valence-electron chi connectivity index (χ0n) is 27.8. The number of hydrogen-bond donors (Lipinski definition) is 4. The molecule has 3 amide bonds. The van der Waals surface area contributed by atoms with E-state index in [0.717, 1.165) is 24.0 Å². The number of benzene rings is 2. The first-order valence-electron chi connectivity index (χ1n) is 15.3. The van der Waals surface area contributed by atoms with Crippen LogP contribution in [0.4, 0.5) is 5.69 Å². The van der Waals surface area contributed by atoms with Crippen LogP contribution in [0.15, 0.2) is 59.0 Å². The molecule has 1 aliphatic rings. The summed E-state index contributed by atoms with van der Waals surface area (Å²) in [5.41, 5.74) is 8.05. The van der Waals surface area contributed by atoms with Gasteiger partial charge < -0.3 is 21.3 Å². The van der Waals surface area contributed by atoms with Crippen molar-refractivity contribution in [2.45, 2.75) is 89.6 Å². The van der Waals surface area contributed by atoms with Gasteiger partial charge in [0.1, 0.15) is 6.04 Å². The average Bonchev–Trinajstić information content (AvgIpc) is 2.98. The molecule has 0 saturated carbocycles. The molecular formula is C34H49N5O5S. The van der Waals surface area contributed by atoms with E-state index in [0.29, 0.717) is 24.1 Å². The molecule has 2 aromatic carbocycles. The number of amides is 3. The number of hydrogen-bond acceptors (Lipinski definition) is 7. The van der Waals surface area contributed by atoms with Crippen molar-refractivity contribution in [3.8, 4) is 0 Å². The summed E-state index contributed by atoms with van der Waals surface area (Å²) in [5, 5.41) is 6.09. The van der Waals surface area contributed by atoms with E-state index >= 15 is 0 Å². The number of anilines is 1. The summed E-state index contributed by atoms with van der Waals surface area (Å²) in [4.78, 5) is 41.7. The standard InChI is InChI=1S/C34H49N5O5S/c1-22(30(40)38-45(43,44)27-19-18-26(35)24-16-12-13-17-25(24)27)20-21-39(8)32(42)29(33(2,3)4)37-31(41)28(36-7)34(5,6)23-14-10-9-11-15-23/h9-11,14-15,18-20,28-29,36H,12-13,16-17,21,35H2,1-8H3,(H,37,41)(H,38,40)/b22-20+/t28-,29?/m1/s1. The Kier molecular flexibility index (Phi) is 11.3. The van der Waals surface area contributed by atoms with Gasteiger partial charge in [0.25, 0.3) is 15.9 Å². The van der Waals surface area contributed by atoms with Crippen LogP contribution in [0.25, 0.3) is 0 Å². The third kappa shape index (κ3) is 8.32. The zero-order chi connectivity index (χ0) is 33.7. The quantitative estimate of drug-likeness (QED) is 0.217. The van der Waals surface area contributed by atoms with Crippen molar-refractivity contribution in [1.82, 2.24) is 20.3 Å². The molecule has 0 bridgehead atoms. The van der Waals surface area contributed by atoms with Gasteiger partial charge in [-0.1, -0.05) is 71.0 Å². The summed E-state index contributed by atoms with van der Waals surface area (Å²) in [7, 11) is -0.840. The fourth-order valence-corrected chi connectivity index (χ4v) is 7.09. The van der Waals surface area contributed by atoms with E-state index < -0.39 is 38.8 Å². The lowest BCUT2D eigenvalue weighted by molar-refractivity contribution is -0.139. The number of rotatable bonds is 11. The highest BCUT2D eigenvalue weighted by molar-refractivity contribution is 7.90. The summed E-state index contributed by atoms with van der Waals surface area (Å²) in [6.07, 6.45) is 4.56. The van der Waals surface area contributed by atoms with Crippen LogP contribution in [-0.2, 0) is 42.7 Å². The summed E-state index contributed by atoms with van der Waals surface area (Å²) >= 11 is 0. The second-order valence-electron chi connectivity index (χ2n) is 13.5. The first kappa shape index (κ1) is 35.8.